The molecule has 2 atom stereocenters. The zero-order valence-electron chi connectivity index (χ0n) is 8.50. The smallest absolute Gasteiger partial charge is 0.165 e. The second kappa shape index (κ2) is 3.27. The zero-order chi connectivity index (χ0) is 10.3. The third-order valence-electron chi connectivity index (χ3n) is 2.76. The highest BCUT2D eigenvalue weighted by Crippen LogP contribution is 2.29. The van der Waals surface area contributed by atoms with E-state index >= 15 is 0 Å². The molecule has 0 N–H and O–H groups in total. The number of fused-ring (bicyclic) bond motifs is 1. The third-order valence-corrected chi connectivity index (χ3v) is 2.76. The number of ether oxygens (including phenoxy) is 1. The molecule has 0 amide bonds. The van der Waals surface area contributed by atoms with Crippen molar-refractivity contribution in [2.24, 2.45) is 0 Å². The van der Waals surface area contributed by atoms with Gasteiger partial charge in [0, 0.05) is 0 Å². The number of aromatic nitrogens is 4. The van der Waals surface area contributed by atoms with E-state index in [1.807, 2.05) is 4.57 Å². The van der Waals surface area contributed by atoms with Gasteiger partial charge in [-0.3, -0.25) is 4.57 Å². The van der Waals surface area contributed by atoms with Gasteiger partial charge in [0.15, 0.2) is 5.65 Å². The Hall–Kier alpha value is -1.49. The van der Waals surface area contributed by atoms with E-state index in [2.05, 4.69) is 21.9 Å². The monoisotopic (exact) mass is 204 g/mol. The molecule has 2 aromatic heterocycles. The summed E-state index contributed by atoms with van der Waals surface area (Å²) >= 11 is 0. The topological polar surface area (TPSA) is 52.8 Å². The molecule has 1 aliphatic rings. The minimum atomic E-state index is 0.0832. The fourth-order valence-electron chi connectivity index (χ4n) is 1.98. The Morgan fingerprint density at radius 2 is 2.33 bits per heavy atom. The minimum absolute atomic E-state index is 0.0832. The predicted octanol–water partition coefficient (Wildman–Crippen LogP) is 1.52. The quantitative estimate of drug-likeness (QED) is 0.706. The maximum absolute atomic E-state index is 5.78. The maximum atomic E-state index is 5.78. The van der Waals surface area contributed by atoms with Crippen molar-refractivity contribution < 1.29 is 4.74 Å². The first-order chi connectivity index (χ1) is 7.34. The van der Waals surface area contributed by atoms with E-state index in [0.29, 0.717) is 6.10 Å². The molecule has 0 bridgehead atoms. The number of rotatable bonds is 1. The first-order valence-corrected chi connectivity index (χ1v) is 5.12. The molecule has 1 unspecified atom stereocenters. The van der Waals surface area contributed by atoms with Crippen molar-refractivity contribution in [2.45, 2.75) is 32.1 Å². The molecule has 0 spiro atoms. The summed E-state index contributed by atoms with van der Waals surface area (Å²) in [5, 5.41) is 0. The summed E-state index contributed by atoms with van der Waals surface area (Å²) < 4.78 is 7.76. The van der Waals surface area contributed by atoms with Crippen LogP contribution in [0.4, 0.5) is 0 Å². The largest absolute Gasteiger partial charge is 0.355 e. The Kier molecular flexibility index (Phi) is 1.92. The molecule has 2 aromatic rings. The molecule has 1 saturated heterocycles. The molecule has 0 radical (unpaired) electrons. The molecule has 0 aromatic carbocycles. The van der Waals surface area contributed by atoms with Crippen molar-refractivity contribution in [3.05, 3.63) is 18.9 Å². The molecular weight excluding hydrogens is 192 g/mol. The van der Waals surface area contributed by atoms with Gasteiger partial charge in [0.05, 0.1) is 18.6 Å². The van der Waals surface area contributed by atoms with Crippen molar-refractivity contribution in [1.82, 2.24) is 19.5 Å². The van der Waals surface area contributed by atoms with Crippen molar-refractivity contribution in [2.75, 3.05) is 0 Å². The maximum Gasteiger partial charge on any atom is 0.165 e. The van der Waals surface area contributed by atoms with Crippen LogP contribution in [-0.2, 0) is 4.74 Å². The average molecular weight is 204 g/mol. The zero-order valence-corrected chi connectivity index (χ0v) is 8.50. The highest BCUT2D eigenvalue weighted by molar-refractivity contribution is 5.68. The molecule has 5 nitrogen and oxygen atoms in total. The Labute approximate surface area is 87.1 Å². The summed E-state index contributed by atoms with van der Waals surface area (Å²) in [5.74, 6) is 0. The predicted molar refractivity (Wildman–Crippen MR) is 54.1 cm³/mol. The van der Waals surface area contributed by atoms with Gasteiger partial charge in [0.2, 0.25) is 0 Å². The molecule has 78 valence electrons. The normalized spacial score (nSPS) is 26.2. The highest BCUT2D eigenvalue weighted by atomic mass is 16.5. The lowest BCUT2D eigenvalue weighted by Crippen LogP contribution is -2.08. The van der Waals surface area contributed by atoms with Crippen LogP contribution < -0.4 is 0 Å². The van der Waals surface area contributed by atoms with Crippen LogP contribution >= 0.6 is 0 Å². The van der Waals surface area contributed by atoms with Gasteiger partial charge in [-0.2, -0.15) is 0 Å². The lowest BCUT2D eigenvalue weighted by atomic mass is 10.2. The third kappa shape index (κ3) is 1.39. The number of hydrogen-bond donors (Lipinski definition) is 0. The van der Waals surface area contributed by atoms with Crippen LogP contribution in [0.1, 0.15) is 26.0 Å². The van der Waals surface area contributed by atoms with Crippen LogP contribution in [0, 0.1) is 0 Å². The van der Waals surface area contributed by atoms with Crippen molar-refractivity contribution in [3.63, 3.8) is 0 Å². The Morgan fingerprint density at radius 3 is 3.13 bits per heavy atom. The van der Waals surface area contributed by atoms with E-state index in [1.165, 1.54) is 0 Å². The van der Waals surface area contributed by atoms with Crippen molar-refractivity contribution in [1.29, 1.82) is 0 Å². The number of hydrogen-bond acceptors (Lipinski definition) is 4. The van der Waals surface area contributed by atoms with Gasteiger partial charge in [0.1, 0.15) is 18.1 Å². The molecule has 0 aliphatic carbocycles. The summed E-state index contributed by atoms with van der Waals surface area (Å²) in [6, 6.07) is 0. The van der Waals surface area contributed by atoms with E-state index in [9.17, 15) is 0 Å². The molecule has 5 heteroatoms. The molecule has 0 saturated carbocycles. The van der Waals surface area contributed by atoms with Crippen LogP contribution in [0.3, 0.4) is 0 Å². The van der Waals surface area contributed by atoms with E-state index < -0.39 is 0 Å². The average Bonchev–Trinajstić information content (AvgIpc) is 2.83. The minimum Gasteiger partial charge on any atom is -0.355 e. The van der Waals surface area contributed by atoms with E-state index in [1.54, 1.807) is 18.9 Å². The second-order valence-corrected chi connectivity index (χ2v) is 3.86. The summed E-state index contributed by atoms with van der Waals surface area (Å²) in [6.07, 6.45) is 7.57. The van der Waals surface area contributed by atoms with Crippen LogP contribution in [0.15, 0.2) is 18.9 Å². The Bertz CT molecular complexity index is 481. The van der Waals surface area contributed by atoms with Crippen LogP contribution in [0.5, 0.6) is 0 Å². The number of nitrogens with zero attached hydrogens (tertiary/aromatic N) is 4. The highest BCUT2D eigenvalue weighted by Gasteiger charge is 2.24. The van der Waals surface area contributed by atoms with Gasteiger partial charge in [-0.05, 0) is 19.8 Å². The summed E-state index contributed by atoms with van der Waals surface area (Å²) in [7, 11) is 0. The standard InChI is InChI=1S/C10H12N4O/c1-7-2-3-9(15-7)14-6-13-8-4-11-5-12-10(8)14/h4-7,9H,2-3H2,1H3/t7?,9-/m1/s1. The molecule has 3 heterocycles. The van der Waals surface area contributed by atoms with Gasteiger partial charge in [-0.15, -0.1) is 0 Å². The fourth-order valence-corrected chi connectivity index (χ4v) is 1.98. The lowest BCUT2D eigenvalue weighted by Gasteiger charge is -2.12. The van der Waals surface area contributed by atoms with E-state index in [4.69, 9.17) is 4.74 Å². The van der Waals surface area contributed by atoms with E-state index in [0.717, 1.165) is 24.0 Å². The van der Waals surface area contributed by atoms with Crippen LogP contribution in [0.25, 0.3) is 11.2 Å². The summed E-state index contributed by atoms with van der Waals surface area (Å²) in [5.41, 5.74) is 1.67. The first-order valence-electron chi connectivity index (χ1n) is 5.12. The molecule has 15 heavy (non-hydrogen) atoms. The van der Waals surface area contributed by atoms with Gasteiger partial charge in [-0.25, -0.2) is 15.0 Å². The second-order valence-electron chi connectivity index (χ2n) is 3.86. The Morgan fingerprint density at radius 1 is 1.40 bits per heavy atom. The summed E-state index contributed by atoms with van der Waals surface area (Å²) in [6.45, 7) is 2.09. The van der Waals surface area contributed by atoms with Crippen molar-refractivity contribution in [3.8, 4) is 0 Å². The molecule has 3 rings (SSSR count). The van der Waals surface area contributed by atoms with Gasteiger partial charge < -0.3 is 4.74 Å². The van der Waals surface area contributed by atoms with Gasteiger partial charge >= 0.3 is 0 Å². The van der Waals surface area contributed by atoms with Gasteiger partial charge in [-0.1, -0.05) is 0 Å². The van der Waals surface area contributed by atoms with Crippen LogP contribution in [-0.4, -0.2) is 25.6 Å². The molecule has 1 aliphatic heterocycles. The fraction of sp³-hybridized carbons (Fsp3) is 0.500. The molecular formula is C10H12N4O. The first kappa shape index (κ1) is 8.79. The Balaban J connectivity index is 2.04. The van der Waals surface area contributed by atoms with Crippen LogP contribution in [0.2, 0.25) is 0 Å². The summed E-state index contributed by atoms with van der Waals surface area (Å²) in [4.78, 5) is 12.4. The van der Waals surface area contributed by atoms with Crippen molar-refractivity contribution >= 4 is 11.2 Å². The van der Waals surface area contributed by atoms with E-state index in [-0.39, 0.29) is 6.23 Å². The molecule has 1 fully saturated rings. The SMILES string of the molecule is CC1CC[C@H](n2cnc3cncnc32)O1. The lowest BCUT2D eigenvalue weighted by molar-refractivity contribution is 0.0131. The number of imidazole rings is 1. The van der Waals surface area contributed by atoms with Gasteiger partial charge in [0.25, 0.3) is 0 Å².